The predicted molar refractivity (Wildman–Crippen MR) is 68.3 cm³/mol. The number of hydrogen-bond donors (Lipinski definition) is 1. The molecular weight excluding hydrogens is 230 g/mol. The van der Waals surface area contributed by atoms with E-state index in [-0.39, 0.29) is 12.4 Å². The molecule has 2 rings (SSSR count). The highest BCUT2D eigenvalue weighted by Crippen LogP contribution is 2.43. The van der Waals surface area contributed by atoms with Crippen LogP contribution in [0.3, 0.4) is 0 Å². The van der Waals surface area contributed by atoms with Crippen molar-refractivity contribution in [1.82, 2.24) is 0 Å². The van der Waals surface area contributed by atoms with Gasteiger partial charge in [0, 0.05) is 12.0 Å². The van der Waals surface area contributed by atoms with E-state index in [9.17, 15) is 4.79 Å². The summed E-state index contributed by atoms with van der Waals surface area (Å²) in [6.45, 7) is 3.95. The van der Waals surface area contributed by atoms with Crippen LogP contribution in [0.4, 0.5) is 0 Å². The third-order valence-corrected chi connectivity index (χ3v) is 3.24. The first kappa shape index (κ1) is 12.9. The van der Waals surface area contributed by atoms with Crippen LogP contribution in [0.1, 0.15) is 32.3 Å². The molecule has 1 heterocycles. The molecule has 18 heavy (non-hydrogen) atoms. The normalized spacial score (nSPS) is 24.9. The van der Waals surface area contributed by atoms with E-state index in [2.05, 4.69) is 0 Å². The number of rotatable bonds is 2. The van der Waals surface area contributed by atoms with E-state index in [0.717, 1.165) is 11.3 Å². The third kappa shape index (κ3) is 2.34. The maximum atomic E-state index is 11.6. The molecule has 4 nitrogen and oxygen atoms in total. The molecule has 1 aromatic rings. The Balaban J connectivity index is 2.43. The first-order chi connectivity index (χ1) is 8.36. The third-order valence-electron chi connectivity index (χ3n) is 3.24. The zero-order chi connectivity index (χ0) is 13.4. The summed E-state index contributed by atoms with van der Waals surface area (Å²) in [5, 5.41) is 0. The first-order valence-electron chi connectivity index (χ1n) is 6.00. The van der Waals surface area contributed by atoms with Crippen LogP contribution < -0.4 is 10.5 Å². The Labute approximate surface area is 107 Å². The zero-order valence-corrected chi connectivity index (χ0v) is 11.0. The Kier molecular flexibility index (Phi) is 3.07. The van der Waals surface area contributed by atoms with Crippen molar-refractivity contribution in [1.29, 1.82) is 0 Å². The monoisotopic (exact) mass is 249 g/mol. The van der Waals surface area contributed by atoms with E-state index >= 15 is 0 Å². The van der Waals surface area contributed by atoms with Gasteiger partial charge in [-0.25, -0.2) is 0 Å². The molecule has 0 radical (unpaired) electrons. The maximum Gasteiger partial charge on any atom is 0.307 e. The molecule has 0 spiro atoms. The fourth-order valence-electron chi connectivity index (χ4n) is 2.64. The van der Waals surface area contributed by atoms with Crippen molar-refractivity contribution in [2.45, 2.75) is 37.8 Å². The highest BCUT2D eigenvalue weighted by molar-refractivity contribution is 5.71. The summed E-state index contributed by atoms with van der Waals surface area (Å²) in [4.78, 5) is 11.6. The van der Waals surface area contributed by atoms with Gasteiger partial charge in [0.15, 0.2) is 0 Å². The van der Waals surface area contributed by atoms with E-state index in [0.29, 0.717) is 6.42 Å². The van der Waals surface area contributed by atoms with Crippen LogP contribution in [0.2, 0.25) is 0 Å². The highest BCUT2D eigenvalue weighted by Gasteiger charge is 2.43. The summed E-state index contributed by atoms with van der Waals surface area (Å²) in [7, 11) is 1.38. The molecule has 0 saturated heterocycles. The van der Waals surface area contributed by atoms with Gasteiger partial charge in [-0.2, -0.15) is 0 Å². The van der Waals surface area contributed by atoms with E-state index in [1.54, 1.807) is 0 Å². The lowest BCUT2D eigenvalue weighted by Crippen LogP contribution is -2.50. The second kappa shape index (κ2) is 4.28. The number of nitrogens with two attached hydrogens (primary N) is 1. The molecule has 4 heteroatoms. The number of carbonyl (C=O) groups excluding carboxylic acids is 1. The van der Waals surface area contributed by atoms with Crippen LogP contribution in [0, 0.1) is 0 Å². The summed E-state index contributed by atoms with van der Waals surface area (Å²) in [5.74, 6) is 0.449. The number of esters is 1. The maximum absolute atomic E-state index is 11.6. The molecule has 0 aliphatic carbocycles. The predicted octanol–water partition coefficient (Wildman–Crippen LogP) is 1.96. The van der Waals surface area contributed by atoms with Crippen molar-refractivity contribution in [3.63, 3.8) is 0 Å². The Morgan fingerprint density at radius 3 is 2.78 bits per heavy atom. The van der Waals surface area contributed by atoms with E-state index < -0.39 is 11.1 Å². The smallest absolute Gasteiger partial charge is 0.307 e. The molecule has 1 atom stereocenters. The van der Waals surface area contributed by atoms with Gasteiger partial charge in [0.2, 0.25) is 0 Å². The second-order valence-corrected chi connectivity index (χ2v) is 5.44. The van der Waals surface area contributed by atoms with E-state index in [4.69, 9.17) is 15.2 Å². The van der Waals surface area contributed by atoms with Crippen molar-refractivity contribution in [2.75, 3.05) is 7.11 Å². The van der Waals surface area contributed by atoms with Gasteiger partial charge in [-0.3, -0.25) is 4.79 Å². The van der Waals surface area contributed by atoms with Crippen molar-refractivity contribution in [3.8, 4) is 5.75 Å². The van der Waals surface area contributed by atoms with Gasteiger partial charge < -0.3 is 15.2 Å². The lowest BCUT2D eigenvalue weighted by atomic mass is 9.76. The fraction of sp³-hybridized carbons (Fsp3) is 0.500. The second-order valence-electron chi connectivity index (χ2n) is 5.44. The first-order valence-corrected chi connectivity index (χ1v) is 6.00. The minimum absolute atomic E-state index is 0.160. The van der Waals surface area contributed by atoms with E-state index in [1.807, 2.05) is 38.1 Å². The molecule has 98 valence electrons. The van der Waals surface area contributed by atoms with Gasteiger partial charge in [-0.05, 0) is 19.9 Å². The number of para-hydroxylation sites is 1. The number of ether oxygens (including phenoxy) is 2. The molecule has 2 N–H and O–H groups in total. The van der Waals surface area contributed by atoms with Crippen LogP contribution in [-0.4, -0.2) is 18.7 Å². The average molecular weight is 249 g/mol. The van der Waals surface area contributed by atoms with Crippen LogP contribution in [0.15, 0.2) is 24.3 Å². The zero-order valence-electron chi connectivity index (χ0n) is 11.0. The Hall–Kier alpha value is -1.55. The summed E-state index contributed by atoms with van der Waals surface area (Å²) in [6.07, 6.45) is 0.736. The SMILES string of the molecule is COC(=O)CC1(N)CC(C)(C)Oc2ccccc21. The largest absolute Gasteiger partial charge is 0.487 e. The number of hydrogen-bond acceptors (Lipinski definition) is 4. The quantitative estimate of drug-likeness (QED) is 0.814. The lowest BCUT2D eigenvalue weighted by molar-refractivity contribution is -0.142. The average Bonchev–Trinajstić information content (AvgIpc) is 2.26. The number of methoxy groups -OCH3 is 1. The molecule has 1 unspecified atom stereocenters. The fourth-order valence-corrected chi connectivity index (χ4v) is 2.64. The van der Waals surface area contributed by atoms with Crippen molar-refractivity contribution >= 4 is 5.97 Å². The minimum Gasteiger partial charge on any atom is -0.487 e. The summed E-state index contributed by atoms with van der Waals surface area (Å²) < 4.78 is 10.6. The van der Waals surface area contributed by atoms with Gasteiger partial charge in [0.05, 0.1) is 19.1 Å². The molecule has 0 saturated carbocycles. The van der Waals surface area contributed by atoms with Crippen molar-refractivity contribution < 1.29 is 14.3 Å². The van der Waals surface area contributed by atoms with Crippen LogP contribution in [0.5, 0.6) is 5.75 Å². The Bertz CT molecular complexity index is 470. The van der Waals surface area contributed by atoms with Gasteiger partial charge in [0.1, 0.15) is 11.4 Å². The molecule has 1 aliphatic heterocycles. The van der Waals surface area contributed by atoms with Crippen molar-refractivity contribution in [2.24, 2.45) is 5.73 Å². The number of carbonyl (C=O) groups is 1. The van der Waals surface area contributed by atoms with Gasteiger partial charge in [-0.1, -0.05) is 18.2 Å². The van der Waals surface area contributed by atoms with Gasteiger partial charge in [0.25, 0.3) is 0 Å². The van der Waals surface area contributed by atoms with Gasteiger partial charge >= 0.3 is 5.97 Å². The van der Waals surface area contributed by atoms with E-state index in [1.165, 1.54) is 7.11 Å². The number of fused-ring (bicyclic) bond motifs is 1. The Morgan fingerprint density at radius 2 is 2.11 bits per heavy atom. The summed E-state index contributed by atoms with van der Waals surface area (Å²) >= 11 is 0. The molecule has 0 aromatic heterocycles. The summed E-state index contributed by atoms with van der Waals surface area (Å²) in [6, 6.07) is 7.60. The summed E-state index contributed by atoms with van der Waals surface area (Å²) in [5.41, 5.74) is 6.19. The molecule has 0 bridgehead atoms. The van der Waals surface area contributed by atoms with Crippen LogP contribution in [0.25, 0.3) is 0 Å². The molecule has 1 aromatic carbocycles. The molecular formula is C14H19NO3. The molecule has 0 amide bonds. The standard InChI is InChI=1S/C14H19NO3/c1-13(2)9-14(15,8-12(16)17-3)10-6-4-5-7-11(10)18-13/h4-7H,8-9,15H2,1-3H3. The lowest BCUT2D eigenvalue weighted by Gasteiger charge is -2.43. The number of benzene rings is 1. The molecule has 0 fully saturated rings. The van der Waals surface area contributed by atoms with Gasteiger partial charge in [-0.15, -0.1) is 0 Å². The topological polar surface area (TPSA) is 61.5 Å². The van der Waals surface area contributed by atoms with Crippen LogP contribution >= 0.6 is 0 Å². The van der Waals surface area contributed by atoms with Crippen molar-refractivity contribution in [3.05, 3.63) is 29.8 Å². The van der Waals surface area contributed by atoms with Crippen LogP contribution in [-0.2, 0) is 15.1 Å². The minimum atomic E-state index is -0.731. The highest BCUT2D eigenvalue weighted by atomic mass is 16.5. The Morgan fingerprint density at radius 1 is 1.44 bits per heavy atom. The molecule has 1 aliphatic rings.